The maximum absolute atomic E-state index is 13.2. The fraction of sp³-hybridized carbons (Fsp3) is 0.0833. The first-order valence-corrected chi connectivity index (χ1v) is 6.15. The Labute approximate surface area is 119 Å². The van der Waals surface area contributed by atoms with E-state index in [0.29, 0.717) is 16.5 Å². The van der Waals surface area contributed by atoms with Crippen LogP contribution < -0.4 is 5.32 Å². The van der Waals surface area contributed by atoms with Gasteiger partial charge in [-0.05, 0) is 36.8 Å². The minimum Gasteiger partial charge on any atom is -0.339 e. The zero-order valence-electron chi connectivity index (χ0n) is 9.27. The van der Waals surface area contributed by atoms with Gasteiger partial charge in [-0.3, -0.25) is 0 Å². The van der Waals surface area contributed by atoms with Crippen molar-refractivity contribution in [3.8, 4) is 0 Å². The SMILES string of the molecule is Cc1cc(F)cc(Nc2nc(Cl)c(Cl)cc2Cl)c1. The highest BCUT2D eigenvalue weighted by Gasteiger charge is 2.08. The van der Waals surface area contributed by atoms with E-state index in [2.05, 4.69) is 10.3 Å². The third-order valence-corrected chi connectivity index (χ3v) is 3.15. The van der Waals surface area contributed by atoms with Crippen molar-refractivity contribution >= 4 is 46.3 Å². The summed E-state index contributed by atoms with van der Waals surface area (Å²) < 4.78 is 13.2. The van der Waals surface area contributed by atoms with Crippen LogP contribution >= 0.6 is 34.8 Å². The molecular formula is C12H8Cl3FN2. The minimum absolute atomic E-state index is 0.136. The van der Waals surface area contributed by atoms with Crippen molar-refractivity contribution in [1.82, 2.24) is 4.98 Å². The molecule has 1 aromatic carbocycles. The fourth-order valence-corrected chi connectivity index (χ4v) is 2.02. The number of pyridine rings is 1. The highest BCUT2D eigenvalue weighted by atomic mass is 35.5. The number of halogens is 4. The number of hydrogen-bond donors (Lipinski definition) is 1. The van der Waals surface area contributed by atoms with Gasteiger partial charge in [0.1, 0.15) is 11.0 Å². The van der Waals surface area contributed by atoms with Crippen LogP contribution in [0, 0.1) is 12.7 Å². The van der Waals surface area contributed by atoms with Gasteiger partial charge in [0.15, 0.2) is 5.82 Å². The molecule has 94 valence electrons. The Kier molecular flexibility index (Phi) is 3.95. The minimum atomic E-state index is -0.339. The third kappa shape index (κ3) is 3.05. The predicted molar refractivity (Wildman–Crippen MR) is 73.7 cm³/mol. The Bertz CT molecular complexity index is 582. The van der Waals surface area contributed by atoms with Gasteiger partial charge in [-0.1, -0.05) is 34.8 Å². The molecule has 0 bridgehead atoms. The fourth-order valence-electron chi connectivity index (χ4n) is 1.48. The summed E-state index contributed by atoms with van der Waals surface area (Å²) in [6.07, 6.45) is 0. The summed E-state index contributed by atoms with van der Waals surface area (Å²) in [5.74, 6) is -0.00949. The van der Waals surface area contributed by atoms with Gasteiger partial charge in [-0.15, -0.1) is 0 Å². The lowest BCUT2D eigenvalue weighted by molar-refractivity contribution is 0.627. The normalized spacial score (nSPS) is 10.5. The van der Waals surface area contributed by atoms with E-state index < -0.39 is 0 Å². The van der Waals surface area contributed by atoms with E-state index in [1.807, 2.05) is 0 Å². The number of aryl methyl sites for hydroxylation is 1. The second kappa shape index (κ2) is 5.31. The zero-order chi connectivity index (χ0) is 13.3. The monoisotopic (exact) mass is 304 g/mol. The molecule has 0 spiro atoms. The van der Waals surface area contributed by atoms with E-state index in [1.54, 1.807) is 13.0 Å². The van der Waals surface area contributed by atoms with Crippen LogP contribution in [0.2, 0.25) is 15.2 Å². The summed E-state index contributed by atoms with van der Waals surface area (Å²) in [5.41, 5.74) is 1.33. The van der Waals surface area contributed by atoms with Crippen LogP contribution in [0.15, 0.2) is 24.3 Å². The van der Waals surface area contributed by atoms with Gasteiger partial charge in [0.25, 0.3) is 0 Å². The largest absolute Gasteiger partial charge is 0.339 e. The average Bonchev–Trinajstić information content (AvgIpc) is 2.24. The number of rotatable bonds is 2. The molecule has 0 fully saturated rings. The van der Waals surface area contributed by atoms with Gasteiger partial charge >= 0.3 is 0 Å². The molecule has 1 N–H and O–H groups in total. The summed E-state index contributed by atoms with van der Waals surface area (Å²) in [7, 11) is 0. The highest BCUT2D eigenvalue weighted by molar-refractivity contribution is 6.43. The molecule has 6 heteroatoms. The Balaban J connectivity index is 2.36. The van der Waals surface area contributed by atoms with Crippen LogP contribution in [0.4, 0.5) is 15.9 Å². The van der Waals surface area contributed by atoms with Crippen LogP contribution in [-0.2, 0) is 0 Å². The van der Waals surface area contributed by atoms with Crippen LogP contribution in [0.1, 0.15) is 5.56 Å². The van der Waals surface area contributed by atoms with Crippen LogP contribution in [0.5, 0.6) is 0 Å². The van der Waals surface area contributed by atoms with Gasteiger partial charge in [-0.2, -0.15) is 0 Å². The molecule has 18 heavy (non-hydrogen) atoms. The summed E-state index contributed by atoms with van der Waals surface area (Å²) in [4.78, 5) is 3.99. The number of benzene rings is 1. The van der Waals surface area contributed by atoms with E-state index in [-0.39, 0.29) is 16.0 Å². The lowest BCUT2D eigenvalue weighted by Crippen LogP contribution is -1.96. The molecule has 2 aromatic rings. The van der Waals surface area contributed by atoms with Crippen LogP contribution in [0.25, 0.3) is 0 Å². The van der Waals surface area contributed by atoms with Crippen molar-refractivity contribution < 1.29 is 4.39 Å². The Morgan fingerprint density at radius 2 is 1.78 bits per heavy atom. The van der Waals surface area contributed by atoms with Crippen LogP contribution in [0.3, 0.4) is 0 Å². The van der Waals surface area contributed by atoms with Gasteiger partial charge in [0.2, 0.25) is 0 Å². The molecule has 2 rings (SSSR count). The number of aromatic nitrogens is 1. The quantitative estimate of drug-likeness (QED) is 0.768. The van der Waals surface area contributed by atoms with Gasteiger partial charge < -0.3 is 5.32 Å². The number of anilines is 2. The smallest absolute Gasteiger partial charge is 0.151 e. The van der Waals surface area contributed by atoms with E-state index in [1.165, 1.54) is 18.2 Å². The van der Waals surface area contributed by atoms with Gasteiger partial charge in [-0.25, -0.2) is 9.37 Å². The molecule has 0 amide bonds. The number of hydrogen-bond acceptors (Lipinski definition) is 2. The summed E-state index contributed by atoms with van der Waals surface area (Å²) >= 11 is 17.5. The molecule has 0 saturated carbocycles. The second-order valence-corrected chi connectivity index (χ2v) is 4.91. The van der Waals surface area contributed by atoms with Crippen molar-refractivity contribution in [3.63, 3.8) is 0 Å². The van der Waals surface area contributed by atoms with Crippen molar-refractivity contribution in [2.75, 3.05) is 5.32 Å². The highest BCUT2D eigenvalue weighted by Crippen LogP contribution is 2.30. The lowest BCUT2D eigenvalue weighted by Gasteiger charge is -2.09. The van der Waals surface area contributed by atoms with Crippen LogP contribution in [-0.4, -0.2) is 4.98 Å². The van der Waals surface area contributed by atoms with Crippen molar-refractivity contribution in [3.05, 3.63) is 50.8 Å². The van der Waals surface area contributed by atoms with Gasteiger partial charge in [0, 0.05) is 5.69 Å². The molecule has 1 aromatic heterocycles. The number of nitrogens with one attached hydrogen (secondary N) is 1. The molecule has 0 aliphatic heterocycles. The number of nitrogens with zero attached hydrogens (tertiary/aromatic N) is 1. The maximum Gasteiger partial charge on any atom is 0.151 e. The molecule has 0 aliphatic rings. The second-order valence-electron chi connectivity index (χ2n) is 3.73. The van der Waals surface area contributed by atoms with Crippen molar-refractivity contribution in [1.29, 1.82) is 0 Å². The molecule has 0 aliphatic carbocycles. The van der Waals surface area contributed by atoms with E-state index in [9.17, 15) is 4.39 Å². The summed E-state index contributed by atoms with van der Waals surface area (Å²) in [6.45, 7) is 1.79. The molecule has 1 heterocycles. The first-order chi connectivity index (χ1) is 8.45. The lowest BCUT2D eigenvalue weighted by atomic mass is 10.2. The van der Waals surface area contributed by atoms with E-state index in [0.717, 1.165) is 5.56 Å². The van der Waals surface area contributed by atoms with Crippen molar-refractivity contribution in [2.45, 2.75) is 6.92 Å². The molecule has 0 unspecified atom stereocenters. The predicted octanol–water partition coefficient (Wildman–Crippen LogP) is 5.23. The molecular weight excluding hydrogens is 298 g/mol. The Morgan fingerprint density at radius 1 is 1.06 bits per heavy atom. The zero-order valence-corrected chi connectivity index (χ0v) is 11.5. The molecule has 0 atom stereocenters. The average molecular weight is 306 g/mol. The molecule has 0 radical (unpaired) electrons. The van der Waals surface area contributed by atoms with Crippen molar-refractivity contribution in [2.24, 2.45) is 0 Å². The molecule has 2 nitrogen and oxygen atoms in total. The Hall–Kier alpha value is -1.03. The molecule has 0 saturated heterocycles. The first-order valence-electron chi connectivity index (χ1n) is 5.01. The third-order valence-electron chi connectivity index (χ3n) is 2.19. The van der Waals surface area contributed by atoms with E-state index >= 15 is 0 Å². The maximum atomic E-state index is 13.2. The standard InChI is InChI=1S/C12H8Cl3FN2/c1-6-2-7(16)4-8(3-6)17-12-10(14)5-9(13)11(15)18-12/h2-5H,1H3,(H,17,18). The van der Waals surface area contributed by atoms with Gasteiger partial charge in [0.05, 0.1) is 10.0 Å². The topological polar surface area (TPSA) is 24.9 Å². The summed E-state index contributed by atoms with van der Waals surface area (Å²) in [5, 5.41) is 3.61. The summed E-state index contributed by atoms with van der Waals surface area (Å²) in [6, 6.07) is 6.01. The first kappa shape index (κ1) is 13.4. The Morgan fingerprint density at radius 3 is 2.44 bits per heavy atom. The van der Waals surface area contributed by atoms with E-state index in [4.69, 9.17) is 34.8 Å².